The monoisotopic (exact) mass is 219 g/mol. The van der Waals surface area contributed by atoms with Crippen LogP contribution in [0.1, 0.15) is 47.5 Å². The van der Waals surface area contributed by atoms with Gasteiger partial charge in [-0.2, -0.15) is 0 Å². The van der Waals surface area contributed by atoms with Crippen LogP contribution in [0.2, 0.25) is 0 Å². The molecule has 1 N–H and O–H groups in total. The summed E-state index contributed by atoms with van der Waals surface area (Å²) in [5.74, 6) is 0.423. The SMILES string of the molecule is CC(C)(C)CC(C)(C)NC(=O)CCCl. The summed E-state index contributed by atoms with van der Waals surface area (Å²) >= 11 is 5.50. The molecule has 0 aliphatic heterocycles. The van der Waals surface area contributed by atoms with Gasteiger partial charge in [-0.3, -0.25) is 4.79 Å². The summed E-state index contributed by atoms with van der Waals surface area (Å²) in [4.78, 5) is 11.3. The van der Waals surface area contributed by atoms with Gasteiger partial charge in [-0.25, -0.2) is 0 Å². The zero-order valence-corrected chi connectivity index (χ0v) is 10.7. The number of amides is 1. The fraction of sp³-hybridized carbons (Fsp3) is 0.909. The molecule has 0 saturated carbocycles. The van der Waals surface area contributed by atoms with E-state index in [4.69, 9.17) is 11.6 Å². The van der Waals surface area contributed by atoms with E-state index in [2.05, 4.69) is 26.1 Å². The first-order valence-corrected chi connectivity index (χ1v) is 5.57. The first-order valence-electron chi connectivity index (χ1n) is 5.03. The highest BCUT2D eigenvalue weighted by Crippen LogP contribution is 2.26. The molecule has 0 rings (SSSR count). The molecule has 0 radical (unpaired) electrons. The van der Waals surface area contributed by atoms with Gasteiger partial charge in [0.15, 0.2) is 0 Å². The van der Waals surface area contributed by atoms with Crippen LogP contribution in [0.25, 0.3) is 0 Å². The summed E-state index contributed by atoms with van der Waals surface area (Å²) in [5.41, 5.74) is 0.0686. The van der Waals surface area contributed by atoms with Gasteiger partial charge in [-0.15, -0.1) is 11.6 Å². The van der Waals surface area contributed by atoms with Crippen molar-refractivity contribution in [3.8, 4) is 0 Å². The third-order valence-corrected chi connectivity index (χ3v) is 1.96. The third kappa shape index (κ3) is 7.19. The molecule has 0 atom stereocenters. The van der Waals surface area contributed by atoms with Crippen LogP contribution in [-0.4, -0.2) is 17.3 Å². The first kappa shape index (κ1) is 13.8. The Morgan fingerprint density at radius 3 is 2.07 bits per heavy atom. The molecule has 0 fully saturated rings. The number of carbonyl (C=O) groups excluding carboxylic acids is 1. The third-order valence-electron chi connectivity index (χ3n) is 1.77. The zero-order valence-electron chi connectivity index (χ0n) is 9.91. The predicted octanol–water partition coefficient (Wildman–Crippen LogP) is 2.95. The molecule has 0 unspecified atom stereocenters. The van der Waals surface area contributed by atoms with Gasteiger partial charge in [-0.1, -0.05) is 20.8 Å². The minimum atomic E-state index is -0.151. The minimum absolute atomic E-state index is 0.0363. The molecule has 0 heterocycles. The fourth-order valence-electron chi connectivity index (χ4n) is 1.90. The Labute approximate surface area is 92.4 Å². The van der Waals surface area contributed by atoms with E-state index >= 15 is 0 Å². The van der Waals surface area contributed by atoms with Crippen LogP contribution in [0, 0.1) is 5.41 Å². The molecule has 0 aliphatic carbocycles. The molecule has 3 heteroatoms. The van der Waals surface area contributed by atoms with Crippen molar-refractivity contribution in [2.45, 2.75) is 53.0 Å². The van der Waals surface area contributed by atoms with Gasteiger partial charge in [-0.05, 0) is 25.7 Å². The van der Waals surface area contributed by atoms with Crippen LogP contribution in [0.3, 0.4) is 0 Å². The smallest absolute Gasteiger partial charge is 0.221 e. The molecule has 0 spiro atoms. The lowest BCUT2D eigenvalue weighted by molar-refractivity contribution is -0.122. The van der Waals surface area contributed by atoms with Gasteiger partial charge >= 0.3 is 0 Å². The number of alkyl halides is 1. The van der Waals surface area contributed by atoms with E-state index < -0.39 is 0 Å². The molecule has 0 aliphatic rings. The quantitative estimate of drug-likeness (QED) is 0.724. The largest absolute Gasteiger partial charge is 0.351 e. The average Bonchev–Trinajstić information content (AvgIpc) is 1.78. The standard InChI is InChI=1S/C11H22ClNO/c1-10(2,3)8-11(4,5)13-9(14)6-7-12/h6-8H2,1-5H3,(H,13,14). The summed E-state index contributed by atoms with van der Waals surface area (Å²) < 4.78 is 0. The second-order valence-electron chi connectivity index (χ2n) is 5.61. The number of rotatable bonds is 4. The van der Waals surface area contributed by atoms with E-state index in [1.807, 2.05) is 13.8 Å². The van der Waals surface area contributed by atoms with Crippen LogP contribution < -0.4 is 5.32 Å². The highest BCUT2D eigenvalue weighted by Gasteiger charge is 2.26. The van der Waals surface area contributed by atoms with Gasteiger partial charge in [0.05, 0.1) is 0 Å². The van der Waals surface area contributed by atoms with E-state index in [1.54, 1.807) is 0 Å². The van der Waals surface area contributed by atoms with Crippen molar-refractivity contribution in [1.29, 1.82) is 0 Å². The van der Waals surface area contributed by atoms with E-state index in [0.717, 1.165) is 6.42 Å². The number of carbonyl (C=O) groups is 1. The maximum absolute atomic E-state index is 11.3. The molecule has 0 aromatic rings. The second kappa shape index (κ2) is 5.01. The molecule has 14 heavy (non-hydrogen) atoms. The van der Waals surface area contributed by atoms with Gasteiger partial charge < -0.3 is 5.32 Å². The molecule has 0 aromatic heterocycles. The highest BCUT2D eigenvalue weighted by molar-refractivity contribution is 6.18. The summed E-state index contributed by atoms with van der Waals surface area (Å²) in [5, 5.41) is 2.99. The molecular weight excluding hydrogens is 198 g/mol. The normalized spacial score (nSPS) is 12.7. The highest BCUT2D eigenvalue weighted by atomic mass is 35.5. The Balaban J connectivity index is 4.13. The van der Waals surface area contributed by atoms with Gasteiger partial charge in [0.2, 0.25) is 5.91 Å². The first-order chi connectivity index (χ1) is 6.16. The molecule has 2 nitrogen and oxygen atoms in total. The summed E-state index contributed by atoms with van der Waals surface area (Å²) in [6.45, 7) is 10.6. The van der Waals surface area contributed by atoms with Crippen LogP contribution in [-0.2, 0) is 4.79 Å². The zero-order chi connectivity index (χ0) is 11.4. The topological polar surface area (TPSA) is 29.1 Å². The maximum atomic E-state index is 11.3. The Morgan fingerprint density at radius 2 is 1.71 bits per heavy atom. The van der Waals surface area contributed by atoms with Crippen molar-refractivity contribution in [2.24, 2.45) is 5.41 Å². The van der Waals surface area contributed by atoms with Crippen LogP contribution in [0.4, 0.5) is 0 Å². The number of hydrogen-bond donors (Lipinski definition) is 1. The lowest BCUT2D eigenvalue weighted by Crippen LogP contribution is -2.45. The van der Waals surface area contributed by atoms with E-state index in [9.17, 15) is 4.79 Å². The molecule has 0 bridgehead atoms. The van der Waals surface area contributed by atoms with Crippen molar-refractivity contribution < 1.29 is 4.79 Å². The second-order valence-corrected chi connectivity index (χ2v) is 5.99. The van der Waals surface area contributed by atoms with Crippen LogP contribution in [0.15, 0.2) is 0 Å². The summed E-state index contributed by atoms with van der Waals surface area (Å²) in [6, 6.07) is 0. The maximum Gasteiger partial charge on any atom is 0.221 e. The Bertz CT molecular complexity index is 194. The van der Waals surface area contributed by atoms with Gasteiger partial charge in [0.25, 0.3) is 0 Å². The molecule has 0 saturated heterocycles. The fourth-order valence-corrected chi connectivity index (χ4v) is 2.07. The minimum Gasteiger partial charge on any atom is -0.351 e. The molecule has 84 valence electrons. The lowest BCUT2D eigenvalue weighted by Gasteiger charge is -2.33. The summed E-state index contributed by atoms with van der Waals surface area (Å²) in [7, 11) is 0. The number of nitrogens with one attached hydrogen (secondary N) is 1. The van der Waals surface area contributed by atoms with Crippen molar-refractivity contribution in [3.63, 3.8) is 0 Å². The van der Waals surface area contributed by atoms with Gasteiger partial charge in [0.1, 0.15) is 0 Å². The molecular formula is C11H22ClNO. The molecule has 0 aromatic carbocycles. The Morgan fingerprint density at radius 1 is 1.21 bits per heavy atom. The average molecular weight is 220 g/mol. The van der Waals surface area contributed by atoms with E-state index in [0.29, 0.717) is 12.3 Å². The van der Waals surface area contributed by atoms with Crippen molar-refractivity contribution >= 4 is 17.5 Å². The lowest BCUT2D eigenvalue weighted by atomic mass is 9.82. The number of halogens is 1. The summed E-state index contributed by atoms with van der Waals surface area (Å²) in [6.07, 6.45) is 1.35. The van der Waals surface area contributed by atoms with Crippen molar-refractivity contribution in [2.75, 3.05) is 5.88 Å². The van der Waals surface area contributed by atoms with E-state index in [1.165, 1.54) is 0 Å². The van der Waals surface area contributed by atoms with E-state index in [-0.39, 0.29) is 16.9 Å². The van der Waals surface area contributed by atoms with Gasteiger partial charge in [0, 0.05) is 17.8 Å². The van der Waals surface area contributed by atoms with Crippen molar-refractivity contribution in [3.05, 3.63) is 0 Å². The Kier molecular flexibility index (Phi) is 4.93. The predicted molar refractivity (Wildman–Crippen MR) is 61.6 cm³/mol. The van der Waals surface area contributed by atoms with Crippen LogP contribution in [0.5, 0.6) is 0 Å². The van der Waals surface area contributed by atoms with Crippen molar-refractivity contribution in [1.82, 2.24) is 5.32 Å². The van der Waals surface area contributed by atoms with Crippen LogP contribution >= 0.6 is 11.6 Å². The molecule has 1 amide bonds. The Hall–Kier alpha value is -0.240. The number of hydrogen-bond acceptors (Lipinski definition) is 1.